The number of hydrogen-bond acceptors (Lipinski definition) is 2. The van der Waals surface area contributed by atoms with Crippen LogP contribution in [-0.4, -0.2) is 12.7 Å². The van der Waals surface area contributed by atoms with Crippen LogP contribution in [0.5, 0.6) is 11.5 Å². The molecule has 0 aliphatic rings. The van der Waals surface area contributed by atoms with Crippen LogP contribution >= 0.6 is 0 Å². The quantitative estimate of drug-likeness (QED) is 0.261. The maximum absolute atomic E-state index is 13.5. The van der Waals surface area contributed by atoms with E-state index in [2.05, 4.69) is 0 Å². The third kappa shape index (κ3) is 6.19. The van der Waals surface area contributed by atoms with Gasteiger partial charge in [0.2, 0.25) is 0 Å². The lowest BCUT2D eigenvalue weighted by Gasteiger charge is -2.29. The third-order valence-electron chi connectivity index (χ3n) is 5.62. The highest BCUT2D eigenvalue weighted by molar-refractivity contribution is 5.64. The van der Waals surface area contributed by atoms with Crippen LogP contribution in [0.25, 0.3) is 11.1 Å². The molecule has 0 saturated heterocycles. The SMILES string of the molecule is CC(CN(Cc1cccc(-c2ccccc2)c1)c1cccc(Oc2ccccc2)c1)C(F)(F)F. The fourth-order valence-electron chi connectivity index (χ4n) is 3.76. The largest absolute Gasteiger partial charge is 0.457 e. The molecule has 174 valence electrons. The van der Waals surface area contributed by atoms with Gasteiger partial charge in [0.25, 0.3) is 0 Å². The Balaban J connectivity index is 1.62. The number of hydrogen-bond donors (Lipinski definition) is 0. The van der Waals surface area contributed by atoms with Crippen molar-refractivity contribution in [3.63, 3.8) is 0 Å². The summed E-state index contributed by atoms with van der Waals surface area (Å²) in [7, 11) is 0. The van der Waals surface area contributed by atoms with Crippen molar-refractivity contribution >= 4 is 5.69 Å². The fraction of sp³-hybridized carbons (Fsp3) is 0.172. The van der Waals surface area contributed by atoms with Gasteiger partial charge in [-0.05, 0) is 47.0 Å². The normalized spacial score (nSPS) is 12.2. The number of halogens is 3. The molecule has 2 nitrogen and oxygen atoms in total. The molecule has 34 heavy (non-hydrogen) atoms. The summed E-state index contributed by atoms with van der Waals surface area (Å²) in [6.07, 6.45) is -4.28. The number of alkyl halides is 3. The molecule has 0 N–H and O–H groups in total. The Kier molecular flexibility index (Phi) is 7.21. The van der Waals surface area contributed by atoms with Gasteiger partial charge in [0.15, 0.2) is 0 Å². The van der Waals surface area contributed by atoms with E-state index in [0.29, 0.717) is 23.7 Å². The van der Waals surface area contributed by atoms with Gasteiger partial charge >= 0.3 is 6.18 Å². The Labute approximate surface area is 198 Å². The van der Waals surface area contributed by atoms with Crippen molar-refractivity contribution in [1.82, 2.24) is 0 Å². The zero-order valence-corrected chi connectivity index (χ0v) is 18.9. The van der Waals surface area contributed by atoms with Gasteiger partial charge in [-0.1, -0.05) is 79.7 Å². The van der Waals surface area contributed by atoms with Gasteiger partial charge in [0.1, 0.15) is 11.5 Å². The number of nitrogens with zero attached hydrogens (tertiary/aromatic N) is 1. The van der Waals surface area contributed by atoms with Crippen molar-refractivity contribution in [3.05, 3.63) is 115 Å². The molecule has 0 radical (unpaired) electrons. The van der Waals surface area contributed by atoms with E-state index in [9.17, 15) is 13.2 Å². The Morgan fingerprint density at radius 1 is 0.706 bits per heavy atom. The monoisotopic (exact) mass is 461 g/mol. The van der Waals surface area contributed by atoms with Gasteiger partial charge in [0.05, 0.1) is 5.92 Å². The van der Waals surface area contributed by atoms with E-state index in [4.69, 9.17) is 4.74 Å². The number of anilines is 1. The van der Waals surface area contributed by atoms with Gasteiger partial charge in [-0.25, -0.2) is 0 Å². The van der Waals surface area contributed by atoms with E-state index in [1.807, 2.05) is 91.0 Å². The van der Waals surface area contributed by atoms with Crippen molar-refractivity contribution in [1.29, 1.82) is 0 Å². The molecule has 4 aromatic carbocycles. The van der Waals surface area contributed by atoms with Crippen LogP contribution in [0.2, 0.25) is 0 Å². The van der Waals surface area contributed by atoms with Crippen LogP contribution in [0, 0.1) is 5.92 Å². The fourth-order valence-corrected chi connectivity index (χ4v) is 3.76. The van der Waals surface area contributed by atoms with Crippen molar-refractivity contribution < 1.29 is 17.9 Å². The maximum atomic E-state index is 13.5. The first kappa shape index (κ1) is 23.4. The highest BCUT2D eigenvalue weighted by atomic mass is 19.4. The number of benzene rings is 4. The minimum atomic E-state index is -4.28. The lowest BCUT2D eigenvalue weighted by Crippen LogP contribution is -2.35. The van der Waals surface area contributed by atoms with E-state index >= 15 is 0 Å². The van der Waals surface area contributed by atoms with Gasteiger partial charge in [-0.3, -0.25) is 0 Å². The second-order valence-electron chi connectivity index (χ2n) is 8.30. The molecule has 0 heterocycles. The Morgan fingerprint density at radius 2 is 1.32 bits per heavy atom. The van der Waals surface area contributed by atoms with Crippen LogP contribution < -0.4 is 9.64 Å². The molecule has 0 aliphatic carbocycles. The van der Waals surface area contributed by atoms with Crippen molar-refractivity contribution in [2.45, 2.75) is 19.6 Å². The van der Waals surface area contributed by atoms with Crippen LogP contribution in [0.15, 0.2) is 109 Å². The lowest BCUT2D eigenvalue weighted by molar-refractivity contribution is -0.166. The lowest BCUT2D eigenvalue weighted by atomic mass is 10.0. The second kappa shape index (κ2) is 10.5. The van der Waals surface area contributed by atoms with E-state index in [1.54, 1.807) is 23.1 Å². The highest BCUT2D eigenvalue weighted by Gasteiger charge is 2.37. The van der Waals surface area contributed by atoms with Crippen LogP contribution in [-0.2, 0) is 6.54 Å². The maximum Gasteiger partial charge on any atom is 0.393 e. The van der Waals surface area contributed by atoms with Gasteiger partial charge in [-0.2, -0.15) is 13.2 Å². The molecule has 0 fully saturated rings. The first-order valence-electron chi connectivity index (χ1n) is 11.2. The molecular weight excluding hydrogens is 435 g/mol. The van der Waals surface area contributed by atoms with E-state index < -0.39 is 12.1 Å². The minimum Gasteiger partial charge on any atom is -0.457 e. The molecular formula is C29H26F3NO. The summed E-state index contributed by atoms with van der Waals surface area (Å²) in [5.41, 5.74) is 3.71. The number of rotatable bonds is 8. The average molecular weight is 462 g/mol. The summed E-state index contributed by atoms with van der Waals surface area (Å²) in [5, 5.41) is 0. The third-order valence-corrected chi connectivity index (χ3v) is 5.62. The highest BCUT2D eigenvalue weighted by Crippen LogP contribution is 2.32. The topological polar surface area (TPSA) is 12.5 Å². The zero-order chi connectivity index (χ0) is 24.0. The van der Waals surface area contributed by atoms with Crippen molar-refractivity contribution in [2.75, 3.05) is 11.4 Å². The Hall–Kier alpha value is -3.73. The van der Waals surface area contributed by atoms with E-state index in [-0.39, 0.29) is 6.54 Å². The number of ether oxygens (including phenoxy) is 1. The summed E-state index contributed by atoms with van der Waals surface area (Å²) in [6.45, 7) is 1.40. The smallest absolute Gasteiger partial charge is 0.393 e. The zero-order valence-electron chi connectivity index (χ0n) is 18.9. The van der Waals surface area contributed by atoms with Gasteiger partial charge in [0, 0.05) is 24.8 Å². The van der Waals surface area contributed by atoms with Crippen molar-refractivity contribution in [3.8, 4) is 22.6 Å². The molecule has 0 saturated carbocycles. The predicted molar refractivity (Wildman–Crippen MR) is 131 cm³/mol. The van der Waals surface area contributed by atoms with E-state index in [1.165, 1.54) is 6.92 Å². The standard InChI is InChI=1S/C29H26F3NO/c1-22(29(30,31)32)20-33(21-23-10-8-13-25(18-23)24-11-4-2-5-12-24)26-14-9-17-28(19-26)34-27-15-6-3-7-16-27/h2-19,22H,20-21H2,1H3. The van der Waals surface area contributed by atoms with Gasteiger partial charge < -0.3 is 9.64 Å². The molecule has 0 bridgehead atoms. The van der Waals surface area contributed by atoms with Crippen molar-refractivity contribution in [2.24, 2.45) is 5.92 Å². The second-order valence-corrected chi connectivity index (χ2v) is 8.30. The molecule has 4 rings (SSSR count). The molecule has 1 atom stereocenters. The summed E-state index contributed by atoms with van der Waals surface area (Å²) in [6, 6.07) is 34.4. The van der Waals surface area contributed by atoms with Crippen LogP contribution in [0.4, 0.5) is 18.9 Å². The first-order valence-corrected chi connectivity index (χ1v) is 11.2. The average Bonchev–Trinajstić information content (AvgIpc) is 2.84. The molecule has 0 spiro atoms. The minimum absolute atomic E-state index is 0.159. The van der Waals surface area contributed by atoms with Crippen LogP contribution in [0.3, 0.4) is 0 Å². The van der Waals surface area contributed by atoms with Crippen LogP contribution in [0.1, 0.15) is 12.5 Å². The molecule has 5 heteroatoms. The summed E-state index contributed by atoms with van der Waals surface area (Å²) < 4.78 is 46.3. The first-order chi connectivity index (χ1) is 16.4. The molecule has 1 unspecified atom stereocenters. The molecule has 0 amide bonds. The van der Waals surface area contributed by atoms with Gasteiger partial charge in [-0.15, -0.1) is 0 Å². The Bertz CT molecular complexity index is 1190. The summed E-state index contributed by atoms with van der Waals surface area (Å²) in [5.74, 6) is -0.236. The summed E-state index contributed by atoms with van der Waals surface area (Å²) in [4.78, 5) is 1.76. The predicted octanol–water partition coefficient (Wildman–Crippen LogP) is 8.35. The van der Waals surface area contributed by atoms with E-state index in [0.717, 1.165) is 16.7 Å². The molecule has 4 aromatic rings. The molecule has 0 aromatic heterocycles. The number of para-hydroxylation sites is 1. The summed E-state index contributed by atoms with van der Waals surface area (Å²) >= 11 is 0. The Morgan fingerprint density at radius 3 is 2.03 bits per heavy atom. The molecule has 0 aliphatic heterocycles.